The van der Waals surface area contributed by atoms with E-state index in [1.54, 1.807) is 0 Å². The number of amides is 1. The molecule has 0 aromatic heterocycles. The monoisotopic (exact) mass is 254 g/mol. The number of halogens is 1. The maximum Gasteiger partial charge on any atom is 0.339 e. The molecule has 0 saturated carbocycles. The molecule has 1 aliphatic heterocycles. The Morgan fingerprint density at radius 2 is 2.07 bits per heavy atom. The topological polar surface area (TPSA) is 86.5 Å². The third-order valence-corrected chi connectivity index (χ3v) is 6.22. The van der Waals surface area contributed by atoms with Gasteiger partial charge in [-0.3, -0.25) is 14.0 Å². The quantitative estimate of drug-likeness (QED) is 0.439. The summed E-state index contributed by atoms with van der Waals surface area (Å²) in [5, 5.41) is 7.33. The summed E-state index contributed by atoms with van der Waals surface area (Å²) in [5.74, 6) is -1.83. The molecule has 86 valence electrons. The van der Waals surface area contributed by atoms with Gasteiger partial charge in [-0.1, -0.05) is 0 Å². The number of hydrogen-bond donors (Lipinski definition) is 2. The van der Waals surface area contributed by atoms with Gasteiger partial charge in [-0.15, -0.1) is 0 Å². The summed E-state index contributed by atoms with van der Waals surface area (Å²) >= 11 is 5.25. The van der Waals surface area contributed by atoms with Crippen LogP contribution in [0.5, 0.6) is 0 Å². The standard InChI is InChI=1S/C7H12ClN2O4P/c1-4(9-8)5(11)10-7(2,6(12)13)15(10,3)14/h4,9H,1-3H3,(H,12,13)/t4-,7+,10?,15?/m0/s1. The van der Waals surface area contributed by atoms with Crippen molar-refractivity contribution in [2.24, 2.45) is 0 Å². The van der Waals surface area contributed by atoms with Crippen molar-refractivity contribution in [3.63, 3.8) is 0 Å². The summed E-state index contributed by atoms with van der Waals surface area (Å²) < 4.78 is 12.8. The Morgan fingerprint density at radius 1 is 1.60 bits per heavy atom. The first kappa shape index (κ1) is 12.5. The third-order valence-electron chi connectivity index (χ3n) is 2.71. The van der Waals surface area contributed by atoms with E-state index in [-0.39, 0.29) is 0 Å². The summed E-state index contributed by atoms with van der Waals surface area (Å²) in [6.45, 7) is 4.02. The van der Waals surface area contributed by atoms with Crippen molar-refractivity contribution < 1.29 is 19.3 Å². The Hall–Kier alpha value is -0.580. The molecule has 15 heavy (non-hydrogen) atoms. The van der Waals surface area contributed by atoms with Crippen LogP contribution in [0.1, 0.15) is 13.8 Å². The molecule has 6 nitrogen and oxygen atoms in total. The van der Waals surface area contributed by atoms with E-state index in [2.05, 4.69) is 4.84 Å². The fraction of sp³-hybridized carbons (Fsp3) is 0.714. The van der Waals surface area contributed by atoms with E-state index in [0.717, 1.165) is 4.67 Å². The van der Waals surface area contributed by atoms with E-state index in [1.165, 1.54) is 20.5 Å². The minimum atomic E-state index is -3.11. The Bertz CT molecular complexity index is 374. The molecule has 3 atom stereocenters. The van der Waals surface area contributed by atoms with Crippen LogP contribution in [-0.2, 0) is 14.2 Å². The van der Waals surface area contributed by atoms with Crippen LogP contribution in [0.3, 0.4) is 0 Å². The summed E-state index contributed by atoms with van der Waals surface area (Å²) in [7, 11) is -3.11. The average molecular weight is 255 g/mol. The smallest absolute Gasteiger partial charge is 0.339 e. The number of carboxylic acid groups (broad SMARTS) is 1. The van der Waals surface area contributed by atoms with Crippen molar-refractivity contribution in [3.8, 4) is 0 Å². The van der Waals surface area contributed by atoms with Crippen LogP contribution in [0.2, 0.25) is 0 Å². The van der Waals surface area contributed by atoms with E-state index in [9.17, 15) is 14.2 Å². The molecule has 8 heteroatoms. The molecule has 0 bridgehead atoms. The molecule has 1 rings (SSSR count). The van der Waals surface area contributed by atoms with E-state index < -0.39 is 30.5 Å². The summed E-state index contributed by atoms with van der Waals surface area (Å²) in [6, 6.07) is -0.763. The molecule has 1 fully saturated rings. The molecule has 1 aliphatic rings. The van der Waals surface area contributed by atoms with Crippen molar-refractivity contribution >= 4 is 30.9 Å². The number of carboxylic acids is 1. The van der Waals surface area contributed by atoms with Gasteiger partial charge in [-0.2, -0.15) is 0 Å². The highest BCUT2D eigenvalue weighted by Crippen LogP contribution is 2.78. The van der Waals surface area contributed by atoms with Crippen molar-refractivity contribution in [2.75, 3.05) is 6.66 Å². The minimum Gasteiger partial charge on any atom is -0.479 e. The van der Waals surface area contributed by atoms with Crippen LogP contribution in [0.4, 0.5) is 0 Å². The molecular weight excluding hydrogens is 243 g/mol. The van der Waals surface area contributed by atoms with E-state index in [0.29, 0.717) is 0 Å². The van der Waals surface area contributed by atoms with E-state index in [1.807, 2.05) is 0 Å². The molecule has 2 N–H and O–H groups in total. The van der Waals surface area contributed by atoms with Gasteiger partial charge in [-0.25, -0.2) is 9.63 Å². The molecular formula is C7H12ClN2O4P. The number of nitrogens with zero attached hydrogens (tertiary/aromatic N) is 1. The van der Waals surface area contributed by atoms with Crippen LogP contribution < -0.4 is 4.84 Å². The maximum atomic E-state index is 11.9. The van der Waals surface area contributed by atoms with E-state index >= 15 is 0 Å². The summed E-state index contributed by atoms with van der Waals surface area (Å²) in [5.41, 5.74) is 0. The highest BCUT2D eigenvalue weighted by atomic mass is 35.5. The van der Waals surface area contributed by atoms with Gasteiger partial charge in [0.25, 0.3) is 0 Å². The lowest BCUT2D eigenvalue weighted by Gasteiger charge is -2.09. The summed E-state index contributed by atoms with van der Waals surface area (Å²) in [4.78, 5) is 24.7. The predicted octanol–water partition coefficient (Wildman–Crippen LogP) is 0.669. The molecule has 0 aromatic rings. The molecule has 0 aliphatic carbocycles. The molecule has 1 amide bonds. The minimum absolute atomic E-state index is 0.569. The second kappa shape index (κ2) is 3.47. The van der Waals surface area contributed by atoms with Crippen LogP contribution in [0.15, 0.2) is 0 Å². The molecule has 0 radical (unpaired) electrons. The summed E-state index contributed by atoms with van der Waals surface area (Å²) in [6.07, 6.45) is 0. The fourth-order valence-electron chi connectivity index (χ4n) is 1.42. The molecule has 1 unspecified atom stereocenters. The normalized spacial score (nSPS) is 36.1. The second-order valence-electron chi connectivity index (χ2n) is 3.69. The van der Waals surface area contributed by atoms with Gasteiger partial charge in [0, 0.05) is 6.66 Å². The zero-order valence-electron chi connectivity index (χ0n) is 8.52. The van der Waals surface area contributed by atoms with Crippen LogP contribution >= 0.6 is 19.1 Å². The maximum absolute atomic E-state index is 11.9. The highest BCUT2D eigenvalue weighted by Gasteiger charge is 2.75. The number of nitrogens with one attached hydrogen (secondary N) is 1. The van der Waals surface area contributed by atoms with Crippen molar-refractivity contribution in [1.82, 2.24) is 9.51 Å². The van der Waals surface area contributed by atoms with Crippen molar-refractivity contribution in [1.29, 1.82) is 0 Å². The van der Waals surface area contributed by atoms with Crippen molar-refractivity contribution in [2.45, 2.75) is 25.2 Å². The number of carbonyl (C=O) groups excluding carboxylic acids is 1. The van der Waals surface area contributed by atoms with Crippen LogP contribution in [0, 0.1) is 0 Å². The van der Waals surface area contributed by atoms with Crippen LogP contribution in [-0.4, -0.2) is 39.6 Å². The Labute approximate surface area is 92.1 Å². The molecule has 1 saturated heterocycles. The van der Waals surface area contributed by atoms with Crippen molar-refractivity contribution in [3.05, 3.63) is 0 Å². The van der Waals surface area contributed by atoms with E-state index in [4.69, 9.17) is 16.9 Å². The third kappa shape index (κ3) is 1.48. The number of carbonyl (C=O) groups is 2. The lowest BCUT2D eigenvalue weighted by atomic mass is 10.3. The van der Waals surface area contributed by atoms with Gasteiger partial charge >= 0.3 is 5.97 Å². The largest absolute Gasteiger partial charge is 0.479 e. The zero-order valence-corrected chi connectivity index (χ0v) is 10.2. The lowest BCUT2D eigenvalue weighted by molar-refractivity contribution is -0.143. The number of hydrogen-bond acceptors (Lipinski definition) is 4. The Kier molecular flexibility index (Phi) is 2.89. The van der Waals surface area contributed by atoms with Gasteiger partial charge in [0.2, 0.25) is 18.5 Å². The molecule has 1 heterocycles. The second-order valence-corrected chi connectivity index (χ2v) is 6.93. The van der Waals surface area contributed by atoms with Gasteiger partial charge < -0.3 is 5.11 Å². The Morgan fingerprint density at radius 3 is 2.33 bits per heavy atom. The van der Waals surface area contributed by atoms with Gasteiger partial charge in [0.05, 0.1) is 6.04 Å². The lowest BCUT2D eigenvalue weighted by Crippen LogP contribution is -2.38. The predicted molar refractivity (Wildman–Crippen MR) is 54.9 cm³/mol. The van der Waals surface area contributed by atoms with Crippen LogP contribution in [0.25, 0.3) is 0 Å². The zero-order chi connectivity index (χ0) is 12.0. The van der Waals surface area contributed by atoms with Gasteiger partial charge in [-0.05, 0) is 25.6 Å². The first-order valence-corrected chi connectivity index (χ1v) is 6.71. The first-order chi connectivity index (χ1) is 6.71. The van der Waals surface area contributed by atoms with Gasteiger partial charge in [0.1, 0.15) is 0 Å². The first-order valence-electron chi connectivity index (χ1n) is 4.23. The average Bonchev–Trinajstić information content (AvgIpc) is 2.60. The SMILES string of the molecule is C[C@H](NCl)C(=O)N1[C@@](C)(C(=O)O)P1(C)=O. The number of aliphatic carboxylic acids is 1. The van der Waals surface area contributed by atoms with Gasteiger partial charge in [0.15, 0.2) is 0 Å². The fourth-order valence-corrected chi connectivity index (χ4v) is 4.01. The Balaban J connectivity index is 2.98. The highest BCUT2D eigenvalue weighted by molar-refractivity contribution is 7.71. The number of rotatable bonds is 3. The molecule has 0 aromatic carbocycles. The molecule has 0 spiro atoms.